The van der Waals surface area contributed by atoms with Crippen LogP contribution >= 0.6 is 0 Å². The molecule has 0 unspecified atom stereocenters. The molecule has 1 aliphatic carbocycles. The average molecular weight is 385 g/mol. The van der Waals surface area contributed by atoms with Gasteiger partial charge in [0.15, 0.2) is 0 Å². The molecular weight excluding hydrogens is 358 g/mol. The summed E-state index contributed by atoms with van der Waals surface area (Å²) in [5, 5.41) is 24.9. The molecule has 0 bridgehead atoms. The number of piperidine rings is 1. The van der Waals surface area contributed by atoms with Gasteiger partial charge < -0.3 is 14.9 Å². The summed E-state index contributed by atoms with van der Waals surface area (Å²) in [7, 11) is 1.63. The molecule has 1 saturated carbocycles. The molecule has 4 rings (SSSR count). The lowest BCUT2D eigenvalue weighted by atomic mass is 9.73. The van der Waals surface area contributed by atoms with Crippen molar-refractivity contribution in [3.05, 3.63) is 42.2 Å². The summed E-state index contributed by atoms with van der Waals surface area (Å²) in [5.74, 6) is 0.308. The van der Waals surface area contributed by atoms with Gasteiger partial charge in [0.25, 0.3) is 0 Å². The van der Waals surface area contributed by atoms with E-state index < -0.39 is 17.5 Å². The van der Waals surface area contributed by atoms with E-state index in [1.54, 1.807) is 13.3 Å². The van der Waals surface area contributed by atoms with Crippen LogP contribution in [0.25, 0.3) is 5.69 Å². The Morgan fingerprint density at radius 3 is 2.82 bits per heavy atom. The molecular formula is C21H27N3O4. The smallest absolute Gasteiger partial charge is 0.313 e. The highest BCUT2D eigenvalue weighted by molar-refractivity contribution is 5.76. The molecule has 1 aromatic heterocycles. The Bertz CT molecular complexity index is 834. The Morgan fingerprint density at radius 1 is 1.36 bits per heavy atom. The van der Waals surface area contributed by atoms with E-state index in [1.165, 1.54) is 0 Å². The number of methoxy groups -OCH3 is 1. The molecule has 7 nitrogen and oxygen atoms in total. The van der Waals surface area contributed by atoms with E-state index in [2.05, 4.69) is 10.00 Å². The number of carbonyl (C=O) groups is 1. The van der Waals surface area contributed by atoms with Crippen LogP contribution in [0.3, 0.4) is 0 Å². The summed E-state index contributed by atoms with van der Waals surface area (Å²) in [6.07, 6.45) is 6.00. The second-order valence-corrected chi connectivity index (χ2v) is 8.07. The quantitative estimate of drug-likeness (QED) is 0.761. The highest BCUT2D eigenvalue weighted by atomic mass is 16.5. The van der Waals surface area contributed by atoms with Crippen molar-refractivity contribution in [2.45, 2.75) is 38.3 Å². The van der Waals surface area contributed by atoms with Crippen molar-refractivity contribution in [1.82, 2.24) is 14.7 Å². The maximum absolute atomic E-state index is 12.2. The third kappa shape index (κ3) is 3.64. The molecule has 1 saturated heterocycles. The van der Waals surface area contributed by atoms with Crippen LogP contribution in [0.1, 0.15) is 31.2 Å². The molecule has 2 aliphatic rings. The summed E-state index contributed by atoms with van der Waals surface area (Å²) in [6.45, 7) is 1.60. The largest absolute Gasteiger partial charge is 0.497 e. The predicted molar refractivity (Wildman–Crippen MR) is 103 cm³/mol. The van der Waals surface area contributed by atoms with Crippen LogP contribution < -0.4 is 4.74 Å². The number of aromatic nitrogens is 2. The van der Waals surface area contributed by atoms with Gasteiger partial charge in [0, 0.05) is 32.0 Å². The molecule has 0 amide bonds. The topological polar surface area (TPSA) is 87.8 Å². The van der Waals surface area contributed by atoms with E-state index >= 15 is 0 Å². The Balaban J connectivity index is 1.61. The van der Waals surface area contributed by atoms with Crippen molar-refractivity contribution < 1.29 is 19.7 Å². The Hall–Kier alpha value is -2.38. The van der Waals surface area contributed by atoms with Gasteiger partial charge in [-0.25, -0.2) is 4.68 Å². The zero-order chi connectivity index (χ0) is 19.7. The number of aliphatic hydroxyl groups excluding tert-OH is 1. The summed E-state index contributed by atoms with van der Waals surface area (Å²) in [4.78, 5) is 14.3. The highest BCUT2D eigenvalue weighted by Gasteiger charge is 2.51. The molecule has 2 N–H and O–H groups in total. The molecule has 0 radical (unpaired) electrons. The summed E-state index contributed by atoms with van der Waals surface area (Å²) >= 11 is 0. The molecule has 28 heavy (non-hydrogen) atoms. The molecule has 7 heteroatoms. The van der Waals surface area contributed by atoms with Crippen LogP contribution in [0.2, 0.25) is 0 Å². The fourth-order valence-electron chi connectivity index (χ4n) is 4.33. The van der Waals surface area contributed by atoms with Crippen molar-refractivity contribution in [1.29, 1.82) is 0 Å². The van der Waals surface area contributed by atoms with E-state index in [-0.39, 0.29) is 0 Å². The van der Waals surface area contributed by atoms with E-state index in [9.17, 15) is 15.0 Å². The van der Waals surface area contributed by atoms with Gasteiger partial charge in [-0.05, 0) is 48.6 Å². The maximum Gasteiger partial charge on any atom is 0.313 e. The number of nitrogens with zero attached hydrogens (tertiary/aromatic N) is 3. The lowest BCUT2D eigenvalue weighted by Crippen LogP contribution is -2.56. The molecule has 150 valence electrons. The third-order valence-electron chi connectivity index (χ3n) is 6.07. The minimum Gasteiger partial charge on any atom is -0.497 e. The van der Waals surface area contributed by atoms with Crippen LogP contribution in [0.4, 0.5) is 0 Å². The molecule has 2 atom stereocenters. The zero-order valence-corrected chi connectivity index (χ0v) is 16.1. The summed E-state index contributed by atoms with van der Waals surface area (Å²) in [5.41, 5.74) is 0.884. The number of aliphatic carboxylic acids is 1. The number of rotatable bonds is 7. The number of hydrogen-bond acceptors (Lipinski definition) is 5. The summed E-state index contributed by atoms with van der Waals surface area (Å²) < 4.78 is 7.20. The van der Waals surface area contributed by atoms with Crippen LogP contribution in [0, 0.1) is 11.3 Å². The minimum atomic E-state index is -1.08. The zero-order valence-electron chi connectivity index (χ0n) is 16.1. The Kier molecular flexibility index (Phi) is 5.12. The first-order valence-corrected chi connectivity index (χ1v) is 9.82. The number of benzene rings is 1. The van der Waals surface area contributed by atoms with Gasteiger partial charge in [-0.15, -0.1) is 0 Å². The first-order valence-electron chi connectivity index (χ1n) is 9.82. The number of hydrogen-bond donors (Lipinski definition) is 2. The van der Waals surface area contributed by atoms with E-state index in [0.29, 0.717) is 38.4 Å². The van der Waals surface area contributed by atoms with Gasteiger partial charge in [0.2, 0.25) is 0 Å². The standard InChI is InChI=1S/C21H27N3O4/c1-28-17-5-6-18(24-9-2-8-22-24)16(11-17)13-23-10-7-19(25)21(14-23,20(26)27)12-15-3-4-15/h2,5-6,8-9,11,15,19,25H,3-4,7,10,12-14H2,1H3,(H,26,27)/t19-,21+/m0/s1. The van der Waals surface area contributed by atoms with Crippen molar-refractivity contribution in [2.75, 3.05) is 20.2 Å². The first kappa shape index (κ1) is 19.0. The van der Waals surface area contributed by atoms with Crippen LogP contribution in [-0.4, -0.2) is 57.2 Å². The monoisotopic (exact) mass is 385 g/mol. The minimum absolute atomic E-state index is 0.357. The van der Waals surface area contributed by atoms with E-state index in [1.807, 2.05) is 35.1 Å². The van der Waals surface area contributed by atoms with Crippen molar-refractivity contribution in [3.63, 3.8) is 0 Å². The van der Waals surface area contributed by atoms with Crippen LogP contribution in [0.5, 0.6) is 5.75 Å². The van der Waals surface area contributed by atoms with Gasteiger partial charge in [-0.1, -0.05) is 12.8 Å². The average Bonchev–Trinajstić information content (AvgIpc) is 3.33. The van der Waals surface area contributed by atoms with Gasteiger partial charge in [0.05, 0.1) is 18.9 Å². The lowest BCUT2D eigenvalue weighted by Gasteiger charge is -2.43. The molecule has 1 aliphatic heterocycles. The maximum atomic E-state index is 12.2. The number of ether oxygens (including phenoxy) is 1. The molecule has 0 spiro atoms. The van der Waals surface area contributed by atoms with E-state index in [4.69, 9.17) is 4.74 Å². The summed E-state index contributed by atoms with van der Waals surface area (Å²) in [6, 6.07) is 7.71. The van der Waals surface area contributed by atoms with Crippen molar-refractivity contribution in [2.24, 2.45) is 11.3 Å². The van der Waals surface area contributed by atoms with Crippen molar-refractivity contribution in [3.8, 4) is 11.4 Å². The Morgan fingerprint density at radius 2 is 2.18 bits per heavy atom. The third-order valence-corrected chi connectivity index (χ3v) is 6.07. The molecule has 2 heterocycles. The predicted octanol–water partition coefficient (Wildman–Crippen LogP) is 2.32. The Labute approximate surface area is 164 Å². The van der Waals surface area contributed by atoms with Crippen molar-refractivity contribution >= 4 is 5.97 Å². The van der Waals surface area contributed by atoms with Crippen LogP contribution in [0.15, 0.2) is 36.7 Å². The number of carboxylic acid groups (broad SMARTS) is 1. The highest BCUT2D eigenvalue weighted by Crippen LogP contribution is 2.45. The number of likely N-dealkylation sites (tertiary alicyclic amines) is 1. The first-order chi connectivity index (χ1) is 13.5. The fraction of sp³-hybridized carbons (Fsp3) is 0.524. The number of carboxylic acids is 1. The lowest BCUT2D eigenvalue weighted by molar-refractivity contribution is -0.165. The molecule has 2 aromatic rings. The van der Waals surface area contributed by atoms with Gasteiger partial charge in [-0.3, -0.25) is 9.69 Å². The number of aliphatic hydroxyl groups is 1. The van der Waals surface area contributed by atoms with Gasteiger partial charge in [0.1, 0.15) is 11.2 Å². The SMILES string of the molecule is COc1ccc(-n2cccn2)c(CN2CC[C@H](O)[C@](CC3CC3)(C(=O)O)C2)c1. The second kappa shape index (κ2) is 7.56. The molecule has 2 fully saturated rings. The fourth-order valence-corrected chi connectivity index (χ4v) is 4.33. The van der Waals surface area contributed by atoms with Crippen LogP contribution in [-0.2, 0) is 11.3 Å². The molecule has 1 aromatic carbocycles. The normalized spacial score (nSPS) is 25.6. The van der Waals surface area contributed by atoms with Gasteiger partial charge >= 0.3 is 5.97 Å². The van der Waals surface area contributed by atoms with Gasteiger partial charge in [-0.2, -0.15) is 5.10 Å². The van der Waals surface area contributed by atoms with E-state index in [0.717, 1.165) is 29.8 Å². The second-order valence-electron chi connectivity index (χ2n) is 8.07.